The van der Waals surface area contributed by atoms with Gasteiger partial charge in [-0.05, 0) is 35.0 Å². The zero-order chi connectivity index (χ0) is 14.2. The van der Waals surface area contributed by atoms with Gasteiger partial charge in [-0.3, -0.25) is 0 Å². The van der Waals surface area contributed by atoms with E-state index >= 15 is 0 Å². The van der Waals surface area contributed by atoms with Crippen molar-refractivity contribution >= 4 is 15.9 Å². The van der Waals surface area contributed by atoms with Crippen LogP contribution in [0, 0.1) is 17.5 Å². The number of halogens is 4. The predicted molar refractivity (Wildman–Crippen MR) is 69.1 cm³/mol. The van der Waals surface area contributed by atoms with Crippen molar-refractivity contribution in [2.45, 2.75) is 12.5 Å². The molecule has 0 fully saturated rings. The van der Waals surface area contributed by atoms with Crippen molar-refractivity contribution < 1.29 is 18.3 Å². The first-order chi connectivity index (χ1) is 8.85. The molecule has 1 atom stereocenters. The van der Waals surface area contributed by atoms with Crippen molar-refractivity contribution in [3.05, 3.63) is 69.4 Å². The van der Waals surface area contributed by atoms with Crippen LogP contribution in [-0.2, 0) is 5.60 Å². The topological polar surface area (TPSA) is 20.2 Å². The van der Waals surface area contributed by atoms with Gasteiger partial charge in [0.05, 0.1) is 4.47 Å². The van der Waals surface area contributed by atoms with E-state index in [-0.39, 0.29) is 15.6 Å². The second kappa shape index (κ2) is 4.98. The van der Waals surface area contributed by atoms with Gasteiger partial charge in [0, 0.05) is 11.1 Å². The highest BCUT2D eigenvalue weighted by Gasteiger charge is 2.33. The molecule has 0 aromatic heterocycles. The SMILES string of the molecule is CC(O)(c1cccc(F)c1F)c1cccc(Br)c1F. The maximum atomic E-state index is 14.0. The Kier molecular flexibility index (Phi) is 3.69. The summed E-state index contributed by atoms with van der Waals surface area (Å²) in [4.78, 5) is 0. The monoisotopic (exact) mass is 330 g/mol. The molecule has 0 aliphatic heterocycles. The minimum absolute atomic E-state index is 0.133. The molecule has 0 saturated carbocycles. The van der Waals surface area contributed by atoms with Gasteiger partial charge >= 0.3 is 0 Å². The van der Waals surface area contributed by atoms with Crippen molar-refractivity contribution in [1.82, 2.24) is 0 Å². The standard InChI is InChI=1S/C14H10BrF3O/c1-14(19,8-4-2-6-10(15)12(8)17)9-5-3-7-11(16)13(9)18/h2-7,19H,1H3. The van der Waals surface area contributed by atoms with E-state index in [1.807, 2.05) is 0 Å². The van der Waals surface area contributed by atoms with E-state index in [1.165, 1.54) is 37.3 Å². The molecule has 2 aromatic rings. The Morgan fingerprint density at radius 1 is 0.947 bits per heavy atom. The zero-order valence-corrected chi connectivity index (χ0v) is 11.5. The van der Waals surface area contributed by atoms with Crippen LogP contribution in [-0.4, -0.2) is 5.11 Å². The number of benzene rings is 2. The summed E-state index contributed by atoms with van der Waals surface area (Å²) in [5.74, 6) is -2.99. The van der Waals surface area contributed by atoms with E-state index in [0.717, 1.165) is 6.07 Å². The highest BCUT2D eigenvalue weighted by molar-refractivity contribution is 9.10. The molecule has 100 valence electrons. The molecule has 1 unspecified atom stereocenters. The third-order valence-electron chi connectivity index (χ3n) is 2.95. The molecule has 5 heteroatoms. The molecule has 0 saturated heterocycles. The van der Waals surface area contributed by atoms with Gasteiger partial charge < -0.3 is 5.11 Å². The Hall–Kier alpha value is -1.33. The Bertz CT molecular complexity index is 573. The normalized spacial score (nSPS) is 14.2. The molecular weight excluding hydrogens is 321 g/mol. The lowest BCUT2D eigenvalue weighted by molar-refractivity contribution is 0.0927. The number of rotatable bonds is 2. The molecule has 2 aromatic carbocycles. The highest BCUT2D eigenvalue weighted by atomic mass is 79.9. The maximum absolute atomic E-state index is 14.0. The van der Waals surface area contributed by atoms with Crippen LogP contribution in [0.15, 0.2) is 40.9 Å². The molecule has 1 N–H and O–H groups in total. The first-order valence-electron chi connectivity index (χ1n) is 5.47. The lowest BCUT2D eigenvalue weighted by atomic mass is 9.87. The third-order valence-corrected chi connectivity index (χ3v) is 3.56. The fourth-order valence-electron chi connectivity index (χ4n) is 1.90. The highest BCUT2D eigenvalue weighted by Crippen LogP contribution is 2.35. The Morgan fingerprint density at radius 3 is 2.11 bits per heavy atom. The summed E-state index contributed by atoms with van der Waals surface area (Å²) in [7, 11) is 0. The van der Waals surface area contributed by atoms with E-state index in [0.29, 0.717) is 0 Å². The van der Waals surface area contributed by atoms with Gasteiger partial charge in [0.15, 0.2) is 11.6 Å². The molecule has 0 bridgehead atoms. The molecule has 1 nitrogen and oxygen atoms in total. The molecular formula is C14H10BrF3O. The number of hydrogen-bond acceptors (Lipinski definition) is 1. The number of hydrogen-bond donors (Lipinski definition) is 1. The second-order valence-corrected chi connectivity index (χ2v) is 5.13. The van der Waals surface area contributed by atoms with Crippen LogP contribution in [0.4, 0.5) is 13.2 Å². The quantitative estimate of drug-likeness (QED) is 0.878. The van der Waals surface area contributed by atoms with Gasteiger partial charge in [-0.25, -0.2) is 13.2 Å². The molecule has 19 heavy (non-hydrogen) atoms. The Labute approximate surface area is 116 Å². The predicted octanol–water partition coefficient (Wildman–Crippen LogP) is 4.12. The van der Waals surface area contributed by atoms with E-state index in [4.69, 9.17) is 0 Å². The fraction of sp³-hybridized carbons (Fsp3) is 0.143. The summed E-state index contributed by atoms with van der Waals surface area (Å²) in [5.41, 5.74) is -2.42. The van der Waals surface area contributed by atoms with E-state index < -0.39 is 23.1 Å². The van der Waals surface area contributed by atoms with Crippen LogP contribution < -0.4 is 0 Å². The second-order valence-electron chi connectivity index (χ2n) is 4.27. The largest absolute Gasteiger partial charge is 0.380 e. The van der Waals surface area contributed by atoms with E-state index in [9.17, 15) is 18.3 Å². The lowest BCUT2D eigenvalue weighted by Crippen LogP contribution is -2.26. The minimum atomic E-state index is -1.97. The van der Waals surface area contributed by atoms with Crippen molar-refractivity contribution in [2.75, 3.05) is 0 Å². The summed E-state index contributed by atoms with van der Waals surface area (Å²) in [6, 6.07) is 7.71. The van der Waals surface area contributed by atoms with Gasteiger partial charge in [0.25, 0.3) is 0 Å². The minimum Gasteiger partial charge on any atom is -0.380 e. The first kappa shape index (κ1) is 14.1. The Morgan fingerprint density at radius 2 is 1.47 bits per heavy atom. The average Bonchev–Trinajstić information content (AvgIpc) is 2.35. The van der Waals surface area contributed by atoms with Crippen LogP contribution >= 0.6 is 15.9 Å². The van der Waals surface area contributed by atoms with E-state index in [2.05, 4.69) is 15.9 Å². The third kappa shape index (κ3) is 2.40. The van der Waals surface area contributed by atoms with Gasteiger partial charge in [0.1, 0.15) is 11.4 Å². The van der Waals surface area contributed by atoms with Crippen molar-refractivity contribution in [3.8, 4) is 0 Å². The Balaban J connectivity index is 2.65. The lowest BCUT2D eigenvalue weighted by Gasteiger charge is -2.25. The van der Waals surface area contributed by atoms with Gasteiger partial charge in [-0.1, -0.05) is 24.3 Å². The number of aliphatic hydroxyl groups is 1. The average molecular weight is 331 g/mol. The van der Waals surface area contributed by atoms with Crippen molar-refractivity contribution in [2.24, 2.45) is 0 Å². The van der Waals surface area contributed by atoms with Crippen LogP contribution in [0.1, 0.15) is 18.1 Å². The van der Waals surface area contributed by atoms with Crippen LogP contribution in [0.25, 0.3) is 0 Å². The molecule has 0 heterocycles. The van der Waals surface area contributed by atoms with Gasteiger partial charge in [-0.15, -0.1) is 0 Å². The summed E-state index contributed by atoms with van der Waals surface area (Å²) in [5, 5.41) is 10.4. The summed E-state index contributed by atoms with van der Waals surface area (Å²) >= 11 is 2.99. The summed E-state index contributed by atoms with van der Waals surface area (Å²) in [6.45, 7) is 1.22. The molecule has 0 aliphatic rings. The fourth-order valence-corrected chi connectivity index (χ4v) is 2.27. The van der Waals surface area contributed by atoms with Crippen LogP contribution in [0.2, 0.25) is 0 Å². The molecule has 0 radical (unpaired) electrons. The first-order valence-corrected chi connectivity index (χ1v) is 6.26. The summed E-state index contributed by atoms with van der Waals surface area (Å²) < 4.78 is 41.1. The van der Waals surface area contributed by atoms with Crippen molar-refractivity contribution in [3.63, 3.8) is 0 Å². The zero-order valence-electron chi connectivity index (χ0n) is 9.92. The molecule has 0 aliphatic carbocycles. The molecule has 2 rings (SSSR count). The summed E-state index contributed by atoms with van der Waals surface area (Å²) in [6.07, 6.45) is 0. The van der Waals surface area contributed by atoms with E-state index in [1.54, 1.807) is 0 Å². The van der Waals surface area contributed by atoms with Gasteiger partial charge in [-0.2, -0.15) is 0 Å². The van der Waals surface area contributed by atoms with Crippen molar-refractivity contribution in [1.29, 1.82) is 0 Å². The van der Waals surface area contributed by atoms with Crippen LogP contribution in [0.3, 0.4) is 0 Å². The smallest absolute Gasteiger partial charge is 0.165 e. The van der Waals surface area contributed by atoms with Crippen LogP contribution in [0.5, 0.6) is 0 Å². The molecule has 0 spiro atoms. The molecule has 0 amide bonds. The maximum Gasteiger partial charge on any atom is 0.165 e. The van der Waals surface area contributed by atoms with Gasteiger partial charge in [0.2, 0.25) is 0 Å².